The molecule has 2 nitrogen and oxygen atoms in total. The lowest BCUT2D eigenvalue weighted by atomic mass is 9.52. The molecule has 128 valence electrons. The van der Waals surface area contributed by atoms with Gasteiger partial charge in [-0.1, -0.05) is 30.7 Å². The van der Waals surface area contributed by atoms with Gasteiger partial charge in [-0.2, -0.15) is 0 Å². The van der Waals surface area contributed by atoms with E-state index in [0.717, 1.165) is 19.3 Å². The Bertz CT molecular complexity index is 730. The molecule has 3 aliphatic rings. The highest BCUT2D eigenvalue weighted by Gasteiger charge is 2.48. The number of carbonyl (C=O) groups excluding carboxylic acids is 1. The molecular formula is C22H27O2-. The Morgan fingerprint density at radius 3 is 2.79 bits per heavy atom. The maximum absolute atomic E-state index is 11.3. The fraction of sp³-hybridized carbons (Fsp3) is 0.591. The SMILES string of the molecule is Cc1ccc2c(c1C)CC[C@H]1[C@H]2CC=C2C[C@@H](C(=O)[O-])CC[C@@]21C. The summed E-state index contributed by atoms with van der Waals surface area (Å²) in [6, 6.07) is 4.65. The molecule has 0 N–H and O–H groups in total. The van der Waals surface area contributed by atoms with Crippen LogP contribution in [0.2, 0.25) is 0 Å². The van der Waals surface area contributed by atoms with Crippen molar-refractivity contribution in [3.63, 3.8) is 0 Å². The number of carboxylic acid groups (broad SMARTS) is 1. The Balaban J connectivity index is 1.72. The maximum atomic E-state index is 11.3. The van der Waals surface area contributed by atoms with Crippen LogP contribution in [0.3, 0.4) is 0 Å². The van der Waals surface area contributed by atoms with Crippen molar-refractivity contribution in [1.29, 1.82) is 0 Å². The summed E-state index contributed by atoms with van der Waals surface area (Å²) in [6.07, 6.45) is 8.35. The lowest BCUT2D eigenvalue weighted by Crippen LogP contribution is -2.45. The van der Waals surface area contributed by atoms with Gasteiger partial charge in [0.25, 0.3) is 0 Å². The normalized spacial score (nSPS) is 34.6. The van der Waals surface area contributed by atoms with Gasteiger partial charge in [0.1, 0.15) is 0 Å². The summed E-state index contributed by atoms with van der Waals surface area (Å²) in [4.78, 5) is 11.3. The summed E-state index contributed by atoms with van der Waals surface area (Å²) in [5.41, 5.74) is 7.61. The highest BCUT2D eigenvalue weighted by Crippen LogP contribution is 2.59. The summed E-state index contributed by atoms with van der Waals surface area (Å²) in [6.45, 7) is 6.88. The van der Waals surface area contributed by atoms with Gasteiger partial charge >= 0.3 is 0 Å². The Morgan fingerprint density at radius 2 is 2.04 bits per heavy atom. The average Bonchev–Trinajstić information content (AvgIpc) is 2.56. The number of aryl methyl sites for hydroxylation is 1. The monoisotopic (exact) mass is 323 g/mol. The minimum absolute atomic E-state index is 0.186. The number of carbonyl (C=O) groups is 1. The number of hydrogen-bond acceptors (Lipinski definition) is 2. The molecule has 0 heterocycles. The summed E-state index contributed by atoms with van der Waals surface area (Å²) in [7, 11) is 0. The van der Waals surface area contributed by atoms with Crippen molar-refractivity contribution >= 4 is 5.97 Å². The van der Waals surface area contributed by atoms with Crippen molar-refractivity contribution in [2.24, 2.45) is 17.3 Å². The van der Waals surface area contributed by atoms with Crippen LogP contribution in [0.5, 0.6) is 0 Å². The van der Waals surface area contributed by atoms with E-state index in [9.17, 15) is 9.90 Å². The average molecular weight is 323 g/mol. The molecule has 0 aliphatic heterocycles. The van der Waals surface area contributed by atoms with E-state index in [1.165, 1.54) is 29.5 Å². The van der Waals surface area contributed by atoms with Crippen LogP contribution < -0.4 is 5.11 Å². The molecule has 0 unspecified atom stereocenters. The van der Waals surface area contributed by atoms with Gasteiger partial charge in [-0.25, -0.2) is 0 Å². The summed E-state index contributed by atoms with van der Waals surface area (Å²) in [5.74, 6) is 0.137. The molecule has 0 aromatic heterocycles. The zero-order valence-electron chi connectivity index (χ0n) is 15.0. The van der Waals surface area contributed by atoms with E-state index in [1.54, 1.807) is 11.1 Å². The standard InChI is InChI=1S/C22H28O2/c1-13-4-6-18-17(14(13)2)8-9-20-19(18)7-5-16-12-15(21(23)24)10-11-22(16,20)3/h4-6,15,19-20H,7-12H2,1-3H3,(H,23,24)/p-1/t15-,19-,20-,22-/m0/s1. The summed E-state index contributed by atoms with van der Waals surface area (Å²) in [5, 5.41) is 11.3. The molecule has 0 spiro atoms. The van der Waals surface area contributed by atoms with Crippen molar-refractivity contribution in [1.82, 2.24) is 0 Å². The molecule has 2 heteroatoms. The number of aliphatic carboxylic acids is 1. The predicted octanol–water partition coefficient (Wildman–Crippen LogP) is 3.84. The maximum Gasteiger partial charge on any atom is 0.0448 e. The Labute approximate surface area is 145 Å². The first-order valence-corrected chi connectivity index (χ1v) is 9.41. The van der Waals surface area contributed by atoms with Gasteiger partial charge < -0.3 is 9.90 Å². The van der Waals surface area contributed by atoms with Crippen LogP contribution in [0.4, 0.5) is 0 Å². The zero-order valence-corrected chi connectivity index (χ0v) is 15.0. The Morgan fingerprint density at radius 1 is 1.25 bits per heavy atom. The van der Waals surface area contributed by atoms with E-state index in [0.29, 0.717) is 18.3 Å². The molecule has 0 saturated heterocycles. The van der Waals surface area contributed by atoms with Crippen molar-refractivity contribution in [3.05, 3.63) is 46.0 Å². The number of carboxylic acids is 1. The molecule has 1 fully saturated rings. The second-order valence-corrected chi connectivity index (χ2v) is 8.47. The van der Waals surface area contributed by atoms with Crippen molar-refractivity contribution in [2.45, 2.75) is 65.2 Å². The van der Waals surface area contributed by atoms with Gasteiger partial charge in [-0.05, 0) is 91.9 Å². The fourth-order valence-electron chi connectivity index (χ4n) is 5.79. The summed E-state index contributed by atoms with van der Waals surface area (Å²) < 4.78 is 0. The molecule has 0 bridgehead atoms. The van der Waals surface area contributed by atoms with Gasteiger partial charge in [-0.15, -0.1) is 0 Å². The van der Waals surface area contributed by atoms with E-state index in [4.69, 9.17) is 0 Å². The van der Waals surface area contributed by atoms with Crippen LogP contribution >= 0.6 is 0 Å². The lowest BCUT2D eigenvalue weighted by Gasteiger charge is -2.53. The first kappa shape index (κ1) is 15.9. The second-order valence-electron chi connectivity index (χ2n) is 8.47. The van der Waals surface area contributed by atoms with Crippen LogP contribution in [-0.4, -0.2) is 5.97 Å². The van der Waals surface area contributed by atoms with E-state index < -0.39 is 5.97 Å². The molecule has 0 amide bonds. The van der Waals surface area contributed by atoms with Crippen molar-refractivity contribution < 1.29 is 9.90 Å². The molecule has 24 heavy (non-hydrogen) atoms. The third kappa shape index (κ3) is 2.18. The topological polar surface area (TPSA) is 40.1 Å². The molecule has 1 saturated carbocycles. The van der Waals surface area contributed by atoms with Crippen molar-refractivity contribution in [2.75, 3.05) is 0 Å². The van der Waals surface area contributed by atoms with Gasteiger partial charge in [-0.3, -0.25) is 0 Å². The highest BCUT2D eigenvalue weighted by atomic mass is 16.4. The number of fused-ring (bicyclic) bond motifs is 5. The number of allylic oxidation sites excluding steroid dienone is 2. The zero-order chi connectivity index (χ0) is 17.1. The van der Waals surface area contributed by atoms with Crippen LogP contribution in [0.1, 0.15) is 67.2 Å². The molecule has 1 aromatic carbocycles. The number of benzene rings is 1. The predicted molar refractivity (Wildman–Crippen MR) is 93.6 cm³/mol. The molecule has 1 aromatic rings. The van der Waals surface area contributed by atoms with Crippen LogP contribution in [0.15, 0.2) is 23.8 Å². The minimum atomic E-state index is -0.861. The largest absolute Gasteiger partial charge is 0.550 e. The van der Waals surface area contributed by atoms with Crippen LogP contribution in [-0.2, 0) is 11.2 Å². The van der Waals surface area contributed by atoms with Crippen LogP contribution in [0, 0.1) is 31.1 Å². The second kappa shape index (κ2) is 5.47. The summed E-state index contributed by atoms with van der Waals surface area (Å²) >= 11 is 0. The van der Waals surface area contributed by atoms with Gasteiger partial charge in [0.2, 0.25) is 0 Å². The van der Waals surface area contributed by atoms with Gasteiger partial charge in [0.15, 0.2) is 0 Å². The quantitative estimate of drug-likeness (QED) is 0.737. The molecule has 3 aliphatic carbocycles. The first-order valence-electron chi connectivity index (χ1n) is 9.41. The Hall–Kier alpha value is -1.57. The molecular weight excluding hydrogens is 296 g/mol. The van der Waals surface area contributed by atoms with E-state index >= 15 is 0 Å². The molecule has 4 atom stereocenters. The van der Waals surface area contributed by atoms with E-state index in [-0.39, 0.29) is 11.3 Å². The third-order valence-electron chi connectivity index (χ3n) is 7.48. The van der Waals surface area contributed by atoms with Crippen molar-refractivity contribution in [3.8, 4) is 0 Å². The Kier molecular flexibility index (Phi) is 3.63. The fourth-order valence-corrected chi connectivity index (χ4v) is 5.79. The smallest absolute Gasteiger partial charge is 0.0448 e. The first-order chi connectivity index (χ1) is 11.4. The minimum Gasteiger partial charge on any atom is -0.550 e. The number of hydrogen-bond donors (Lipinski definition) is 0. The number of rotatable bonds is 1. The van der Waals surface area contributed by atoms with Crippen LogP contribution in [0.25, 0.3) is 0 Å². The van der Waals surface area contributed by atoms with Gasteiger partial charge in [0, 0.05) is 11.9 Å². The lowest BCUT2D eigenvalue weighted by molar-refractivity contribution is -0.312. The van der Waals surface area contributed by atoms with E-state index in [1.807, 2.05) is 0 Å². The van der Waals surface area contributed by atoms with Gasteiger partial charge in [0.05, 0.1) is 0 Å². The molecule has 4 rings (SSSR count). The third-order valence-corrected chi connectivity index (χ3v) is 7.48. The molecule has 0 radical (unpaired) electrons. The highest BCUT2D eigenvalue weighted by molar-refractivity contribution is 5.68. The van der Waals surface area contributed by atoms with E-state index in [2.05, 4.69) is 39.0 Å².